The molecule has 0 atom stereocenters. The molecule has 0 saturated carbocycles. The van der Waals surface area contributed by atoms with E-state index in [1.54, 1.807) is 11.6 Å². The van der Waals surface area contributed by atoms with Gasteiger partial charge in [-0.2, -0.15) is 0 Å². The molecule has 2 aromatic heterocycles. The molecule has 0 aliphatic rings. The Labute approximate surface area is 100 Å². The van der Waals surface area contributed by atoms with Crippen molar-refractivity contribution in [1.82, 2.24) is 9.97 Å². The minimum atomic E-state index is -0.973. The molecule has 0 aliphatic heterocycles. The number of thiazole rings is 1. The molecule has 82 valence electrons. The van der Waals surface area contributed by atoms with E-state index in [1.165, 1.54) is 11.8 Å². The fourth-order valence-electron chi connectivity index (χ4n) is 1.05. The number of aromatic nitrogens is 2. The van der Waals surface area contributed by atoms with E-state index in [0.717, 1.165) is 22.1 Å². The lowest BCUT2D eigenvalue weighted by Gasteiger charge is -1.96. The first-order valence-electron chi connectivity index (χ1n) is 4.47. The second-order valence-electron chi connectivity index (χ2n) is 2.91. The Morgan fingerprint density at radius 1 is 1.50 bits per heavy atom. The number of nitrogens with zero attached hydrogens (tertiary/aromatic N) is 2. The maximum Gasteiger partial charge on any atom is 0.365 e. The molecule has 0 radical (unpaired) electrons. The van der Waals surface area contributed by atoms with Crippen LogP contribution in [0.3, 0.4) is 0 Å². The molecule has 0 saturated heterocycles. The van der Waals surface area contributed by atoms with Gasteiger partial charge in [-0.1, -0.05) is 6.07 Å². The summed E-state index contributed by atoms with van der Waals surface area (Å²) in [6.07, 6.45) is 1.73. The van der Waals surface area contributed by atoms with Gasteiger partial charge in [0.25, 0.3) is 0 Å². The Morgan fingerprint density at radius 2 is 2.38 bits per heavy atom. The van der Waals surface area contributed by atoms with Crippen molar-refractivity contribution in [2.75, 3.05) is 0 Å². The lowest BCUT2D eigenvalue weighted by atomic mass is 10.5. The topological polar surface area (TPSA) is 63.1 Å². The lowest BCUT2D eigenvalue weighted by Crippen LogP contribution is -1.95. The van der Waals surface area contributed by atoms with E-state index in [-0.39, 0.29) is 5.01 Å². The van der Waals surface area contributed by atoms with Crippen molar-refractivity contribution < 1.29 is 9.90 Å². The molecule has 2 rings (SSSR count). The van der Waals surface area contributed by atoms with Crippen molar-refractivity contribution in [3.63, 3.8) is 0 Å². The zero-order chi connectivity index (χ0) is 11.4. The third-order valence-electron chi connectivity index (χ3n) is 1.74. The lowest BCUT2D eigenvalue weighted by molar-refractivity contribution is 0.0696. The van der Waals surface area contributed by atoms with Crippen LogP contribution in [0.4, 0.5) is 0 Å². The SMILES string of the molecule is O=C(O)c1nc(CSc2ccccn2)cs1. The van der Waals surface area contributed by atoms with Crippen LogP contribution in [-0.4, -0.2) is 21.0 Å². The van der Waals surface area contributed by atoms with Crippen LogP contribution in [0.2, 0.25) is 0 Å². The minimum Gasteiger partial charge on any atom is -0.476 e. The van der Waals surface area contributed by atoms with Crippen molar-refractivity contribution in [1.29, 1.82) is 0 Å². The van der Waals surface area contributed by atoms with Crippen LogP contribution in [0.25, 0.3) is 0 Å². The molecule has 0 aromatic carbocycles. The van der Waals surface area contributed by atoms with Gasteiger partial charge < -0.3 is 5.11 Å². The first-order valence-corrected chi connectivity index (χ1v) is 6.34. The molecule has 16 heavy (non-hydrogen) atoms. The van der Waals surface area contributed by atoms with Crippen LogP contribution in [-0.2, 0) is 5.75 Å². The summed E-state index contributed by atoms with van der Waals surface area (Å²) in [7, 11) is 0. The van der Waals surface area contributed by atoms with E-state index in [0.29, 0.717) is 5.75 Å². The highest BCUT2D eigenvalue weighted by Crippen LogP contribution is 2.21. The average Bonchev–Trinajstić information content (AvgIpc) is 2.76. The summed E-state index contributed by atoms with van der Waals surface area (Å²) >= 11 is 2.69. The number of rotatable bonds is 4. The number of carbonyl (C=O) groups is 1. The molecule has 0 spiro atoms. The first kappa shape index (κ1) is 11.1. The molecule has 6 heteroatoms. The van der Waals surface area contributed by atoms with Gasteiger partial charge in [-0.15, -0.1) is 23.1 Å². The Bertz CT molecular complexity index is 485. The summed E-state index contributed by atoms with van der Waals surface area (Å²) in [6, 6.07) is 5.68. The largest absolute Gasteiger partial charge is 0.476 e. The summed E-state index contributed by atoms with van der Waals surface area (Å²) in [6.45, 7) is 0. The maximum atomic E-state index is 10.6. The van der Waals surface area contributed by atoms with E-state index in [1.807, 2.05) is 18.2 Å². The molecule has 0 fully saturated rings. The number of pyridine rings is 1. The predicted molar refractivity (Wildman–Crippen MR) is 62.9 cm³/mol. The minimum absolute atomic E-state index is 0.136. The molecule has 0 unspecified atom stereocenters. The van der Waals surface area contributed by atoms with Crippen molar-refractivity contribution in [2.24, 2.45) is 0 Å². The number of aromatic carboxylic acids is 1. The standard InChI is InChI=1S/C10H8N2O2S2/c13-10(14)9-12-7(6-16-9)5-15-8-3-1-2-4-11-8/h1-4,6H,5H2,(H,13,14). The highest BCUT2D eigenvalue weighted by atomic mass is 32.2. The third kappa shape index (κ3) is 2.80. The Kier molecular flexibility index (Phi) is 3.53. The number of carboxylic acids is 1. The van der Waals surface area contributed by atoms with Gasteiger partial charge in [0.05, 0.1) is 10.7 Å². The van der Waals surface area contributed by atoms with Gasteiger partial charge in [-0.25, -0.2) is 14.8 Å². The quantitative estimate of drug-likeness (QED) is 0.847. The molecule has 0 bridgehead atoms. The van der Waals surface area contributed by atoms with Crippen molar-refractivity contribution >= 4 is 29.1 Å². The summed E-state index contributed by atoms with van der Waals surface area (Å²) in [5.74, 6) is -0.333. The van der Waals surface area contributed by atoms with Crippen LogP contribution in [0.5, 0.6) is 0 Å². The Morgan fingerprint density at radius 3 is 3.00 bits per heavy atom. The molecule has 0 amide bonds. The maximum absolute atomic E-state index is 10.6. The van der Waals surface area contributed by atoms with Gasteiger partial charge in [0.2, 0.25) is 5.01 Å². The molecule has 4 nitrogen and oxygen atoms in total. The van der Waals surface area contributed by atoms with E-state index >= 15 is 0 Å². The van der Waals surface area contributed by atoms with Crippen LogP contribution in [0.15, 0.2) is 34.8 Å². The van der Waals surface area contributed by atoms with E-state index < -0.39 is 5.97 Å². The Hall–Kier alpha value is -1.40. The van der Waals surface area contributed by atoms with E-state index in [4.69, 9.17) is 5.11 Å². The van der Waals surface area contributed by atoms with Crippen LogP contribution >= 0.6 is 23.1 Å². The molecule has 2 heterocycles. The zero-order valence-corrected chi connectivity index (χ0v) is 9.79. The van der Waals surface area contributed by atoms with Gasteiger partial charge in [-0.05, 0) is 12.1 Å². The highest BCUT2D eigenvalue weighted by Gasteiger charge is 2.08. The van der Waals surface area contributed by atoms with Crippen molar-refractivity contribution in [3.8, 4) is 0 Å². The first-order chi connectivity index (χ1) is 7.75. The van der Waals surface area contributed by atoms with Gasteiger partial charge in [0, 0.05) is 17.3 Å². The average molecular weight is 252 g/mol. The highest BCUT2D eigenvalue weighted by molar-refractivity contribution is 7.98. The second-order valence-corrected chi connectivity index (χ2v) is 4.76. The number of hydrogen-bond acceptors (Lipinski definition) is 5. The smallest absolute Gasteiger partial charge is 0.365 e. The number of hydrogen-bond donors (Lipinski definition) is 1. The van der Waals surface area contributed by atoms with Gasteiger partial charge in [0.15, 0.2) is 0 Å². The van der Waals surface area contributed by atoms with E-state index in [9.17, 15) is 4.79 Å². The monoisotopic (exact) mass is 252 g/mol. The van der Waals surface area contributed by atoms with Gasteiger partial charge in [0.1, 0.15) is 0 Å². The Balaban J connectivity index is 1.97. The molecule has 0 aliphatic carbocycles. The van der Waals surface area contributed by atoms with Crippen LogP contribution in [0.1, 0.15) is 15.5 Å². The van der Waals surface area contributed by atoms with Crippen LogP contribution < -0.4 is 0 Å². The van der Waals surface area contributed by atoms with Gasteiger partial charge in [-0.3, -0.25) is 0 Å². The van der Waals surface area contributed by atoms with Crippen LogP contribution in [0, 0.1) is 0 Å². The molecular weight excluding hydrogens is 244 g/mol. The molecule has 1 N–H and O–H groups in total. The number of thioether (sulfide) groups is 1. The third-order valence-corrected chi connectivity index (χ3v) is 3.60. The van der Waals surface area contributed by atoms with Gasteiger partial charge >= 0.3 is 5.97 Å². The summed E-state index contributed by atoms with van der Waals surface area (Å²) in [5.41, 5.74) is 0.776. The molecular formula is C10H8N2O2S2. The zero-order valence-electron chi connectivity index (χ0n) is 8.16. The summed E-state index contributed by atoms with van der Waals surface area (Å²) in [4.78, 5) is 18.8. The fraction of sp³-hybridized carbons (Fsp3) is 0.100. The fourth-order valence-corrected chi connectivity index (χ4v) is 2.57. The molecule has 2 aromatic rings. The summed E-state index contributed by atoms with van der Waals surface area (Å²) < 4.78 is 0. The second kappa shape index (κ2) is 5.09. The summed E-state index contributed by atoms with van der Waals surface area (Å²) in [5, 5.41) is 11.5. The predicted octanol–water partition coefficient (Wildman–Crippen LogP) is 2.53. The van der Waals surface area contributed by atoms with Crippen molar-refractivity contribution in [3.05, 3.63) is 40.5 Å². The van der Waals surface area contributed by atoms with Crippen molar-refractivity contribution in [2.45, 2.75) is 10.8 Å². The normalized spacial score (nSPS) is 10.2. The van der Waals surface area contributed by atoms with E-state index in [2.05, 4.69) is 9.97 Å². The number of carboxylic acid groups (broad SMARTS) is 1.